The number of rotatable bonds is 3. The van der Waals surface area contributed by atoms with Crippen molar-refractivity contribution in [2.24, 2.45) is 5.92 Å². The lowest BCUT2D eigenvalue weighted by molar-refractivity contribution is 0.407. The fourth-order valence-corrected chi connectivity index (χ4v) is 5.09. The third-order valence-electron chi connectivity index (χ3n) is 6.62. The summed E-state index contributed by atoms with van der Waals surface area (Å²) in [6.07, 6.45) is 4.53. The van der Waals surface area contributed by atoms with E-state index in [0.717, 1.165) is 31.4 Å². The molecule has 2 aromatic heterocycles. The standard InChI is InChI=1S/C23H19F2N5O/c24-16-7-12(8-18(31)20(16)25)21-19-22(26)27-10-28-23(19)30(29-21)17-9-15(17)14-6-5-11-3-1-2-4-13(11)14/h1-4,7-8,10,14-15,17,31H,5-6,9H2,(H2,26,27,28). The maximum absolute atomic E-state index is 14.0. The molecule has 8 heteroatoms. The van der Waals surface area contributed by atoms with E-state index in [1.54, 1.807) is 0 Å². The predicted molar refractivity (Wildman–Crippen MR) is 111 cm³/mol. The van der Waals surface area contributed by atoms with E-state index in [4.69, 9.17) is 10.8 Å². The number of aromatic nitrogens is 4. The molecule has 0 spiro atoms. The van der Waals surface area contributed by atoms with Gasteiger partial charge in [0.2, 0.25) is 0 Å². The molecule has 3 N–H and O–H groups in total. The summed E-state index contributed by atoms with van der Waals surface area (Å²) in [7, 11) is 0. The van der Waals surface area contributed by atoms with Crippen LogP contribution in [0.15, 0.2) is 42.7 Å². The topological polar surface area (TPSA) is 89.8 Å². The van der Waals surface area contributed by atoms with Crippen LogP contribution in [0.2, 0.25) is 0 Å². The zero-order valence-electron chi connectivity index (χ0n) is 16.5. The summed E-state index contributed by atoms with van der Waals surface area (Å²) in [5.41, 5.74) is 10.1. The number of hydrogen-bond acceptors (Lipinski definition) is 5. The van der Waals surface area contributed by atoms with Crippen LogP contribution in [0.25, 0.3) is 22.3 Å². The van der Waals surface area contributed by atoms with Crippen LogP contribution >= 0.6 is 0 Å². The number of nitrogens with two attached hydrogens (primary N) is 1. The van der Waals surface area contributed by atoms with Crippen molar-refractivity contribution < 1.29 is 13.9 Å². The molecule has 31 heavy (non-hydrogen) atoms. The van der Waals surface area contributed by atoms with Gasteiger partial charge in [-0.05, 0) is 54.4 Å². The van der Waals surface area contributed by atoms with Crippen LogP contribution in [0, 0.1) is 17.6 Å². The Morgan fingerprint density at radius 2 is 1.97 bits per heavy atom. The van der Waals surface area contributed by atoms with Crippen LogP contribution in [0.1, 0.15) is 35.9 Å². The van der Waals surface area contributed by atoms with Crippen molar-refractivity contribution in [1.82, 2.24) is 19.7 Å². The molecule has 3 unspecified atom stereocenters. The zero-order chi connectivity index (χ0) is 21.3. The van der Waals surface area contributed by atoms with Crippen LogP contribution in [0.4, 0.5) is 14.6 Å². The Kier molecular flexibility index (Phi) is 3.81. The molecule has 0 amide bonds. The quantitative estimate of drug-likeness (QED) is 0.515. The molecule has 2 aromatic carbocycles. The third-order valence-corrected chi connectivity index (χ3v) is 6.62. The lowest BCUT2D eigenvalue weighted by atomic mass is 9.96. The Labute approximate surface area is 176 Å². The highest BCUT2D eigenvalue weighted by molar-refractivity contribution is 5.98. The Morgan fingerprint density at radius 1 is 1.13 bits per heavy atom. The average Bonchev–Trinajstić information content (AvgIpc) is 3.26. The maximum Gasteiger partial charge on any atom is 0.200 e. The number of hydrogen-bond donors (Lipinski definition) is 2. The van der Waals surface area contributed by atoms with Gasteiger partial charge in [0.05, 0.1) is 11.4 Å². The van der Waals surface area contributed by atoms with E-state index in [1.807, 2.05) is 4.68 Å². The molecule has 1 saturated carbocycles. The van der Waals surface area contributed by atoms with Crippen molar-refractivity contribution >= 4 is 16.9 Å². The Morgan fingerprint density at radius 3 is 2.81 bits per heavy atom. The highest BCUT2D eigenvalue weighted by Crippen LogP contribution is 2.56. The normalized spacial score (nSPS) is 22.1. The van der Waals surface area contributed by atoms with Gasteiger partial charge in [-0.25, -0.2) is 19.0 Å². The second kappa shape index (κ2) is 6.47. The molecule has 156 valence electrons. The molecule has 0 bridgehead atoms. The molecule has 2 aliphatic rings. The highest BCUT2D eigenvalue weighted by Gasteiger charge is 2.48. The van der Waals surface area contributed by atoms with Gasteiger partial charge in [-0.1, -0.05) is 24.3 Å². The van der Waals surface area contributed by atoms with Gasteiger partial charge in [0.15, 0.2) is 23.0 Å². The van der Waals surface area contributed by atoms with Gasteiger partial charge in [-0.15, -0.1) is 0 Å². The predicted octanol–water partition coefficient (Wildman–Crippen LogP) is 4.35. The molecule has 6 rings (SSSR count). The number of nitrogen functional groups attached to an aromatic ring is 1. The van der Waals surface area contributed by atoms with Crippen LogP contribution in [-0.4, -0.2) is 24.9 Å². The van der Waals surface area contributed by atoms with Crippen LogP contribution in [0.5, 0.6) is 5.75 Å². The van der Waals surface area contributed by atoms with E-state index in [-0.39, 0.29) is 17.4 Å². The number of fused-ring (bicyclic) bond motifs is 2. The lowest BCUT2D eigenvalue weighted by Gasteiger charge is -2.11. The molecule has 6 nitrogen and oxygen atoms in total. The summed E-state index contributed by atoms with van der Waals surface area (Å²) in [6, 6.07) is 10.9. The molecular formula is C23H19F2N5O. The van der Waals surface area contributed by atoms with Crippen LogP contribution in [-0.2, 0) is 6.42 Å². The Hall–Kier alpha value is -3.55. The first-order chi connectivity index (χ1) is 15.0. The second-order valence-corrected chi connectivity index (χ2v) is 8.35. The Balaban J connectivity index is 1.44. The first-order valence-corrected chi connectivity index (χ1v) is 10.3. The molecule has 2 heterocycles. The number of benzene rings is 2. The molecular weight excluding hydrogens is 400 g/mol. The summed E-state index contributed by atoms with van der Waals surface area (Å²) in [4.78, 5) is 8.45. The highest BCUT2D eigenvalue weighted by atomic mass is 19.2. The van der Waals surface area contributed by atoms with Gasteiger partial charge < -0.3 is 10.8 Å². The monoisotopic (exact) mass is 419 g/mol. The molecule has 2 aliphatic carbocycles. The number of anilines is 1. The van der Waals surface area contributed by atoms with Gasteiger partial charge in [-0.2, -0.15) is 9.49 Å². The molecule has 0 saturated heterocycles. The lowest BCUT2D eigenvalue weighted by Crippen LogP contribution is -2.05. The van der Waals surface area contributed by atoms with Crippen molar-refractivity contribution in [1.29, 1.82) is 0 Å². The second-order valence-electron chi connectivity index (χ2n) is 8.35. The minimum atomic E-state index is -1.29. The van der Waals surface area contributed by atoms with Crippen molar-refractivity contribution in [3.05, 3.63) is 65.5 Å². The summed E-state index contributed by atoms with van der Waals surface area (Å²) < 4.78 is 29.4. The zero-order valence-corrected chi connectivity index (χ0v) is 16.5. The molecule has 4 aromatic rings. The molecule has 0 radical (unpaired) electrons. The van der Waals surface area contributed by atoms with Gasteiger partial charge >= 0.3 is 0 Å². The fourth-order valence-electron chi connectivity index (χ4n) is 5.09. The number of phenols is 1. The SMILES string of the molecule is Nc1ncnc2c1c(-c1cc(O)c(F)c(F)c1)nn2C1CC1C1CCc2ccccc21. The fraction of sp³-hybridized carbons (Fsp3) is 0.261. The van der Waals surface area contributed by atoms with Gasteiger partial charge in [-0.3, -0.25) is 0 Å². The van der Waals surface area contributed by atoms with Crippen molar-refractivity contribution in [3.63, 3.8) is 0 Å². The minimum absolute atomic E-state index is 0.139. The van der Waals surface area contributed by atoms with Gasteiger partial charge in [0, 0.05) is 5.56 Å². The first-order valence-electron chi connectivity index (χ1n) is 10.3. The van der Waals surface area contributed by atoms with Crippen LogP contribution < -0.4 is 5.73 Å². The van der Waals surface area contributed by atoms with Crippen molar-refractivity contribution in [3.8, 4) is 17.0 Å². The number of phenolic OH excluding ortho intramolecular Hbond substituents is 1. The van der Waals surface area contributed by atoms with Gasteiger partial charge in [0.1, 0.15) is 17.8 Å². The van der Waals surface area contributed by atoms with Gasteiger partial charge in [0.25, 0.3) is 0 Å². The average molecular weight is 419 g/mol. The Bertz CT molecular complexity index is 1330. The first kappa shape index (κ1) is 18.2. The minimum Gasteiger partial charge on any atom is -0.505 e. The summed E-state index contributed by atoms with van der Waals surface area (Å²) in [6.45, 7) is 0. The van der Waals surface area contributed by atoms with E-state index in [0.29, 0.717) is 28.6 Å². The van der Waals surface area contributed by atoms with E-state index < -0.39 is 17.4 Å². The van der Waals surface area contributed by atoms with E-state index in [1.165, 1.54) is 17.5 Å². The van der Waals surface area contributed by atoms with Crippen LogP contribution in [0.3, 0.4) is 0 Å². The molecule has 1 fully saturated rings. The molecule has 0 aliphatic heterocycles. The number of aryl methyl sites for hydroxylation is 1. The van der Waals surface area contributed by atoms with E-state index >= 15 is 0 Å². The summed E-state index contributed by atoms with van der Waals surface area (Å²) >= 11 is 0. The molecule has 3 atom stereocenters. The number of halogens is 2. The third kappa shape index (κ3) is 2.71. The summed E-state index contributed by atoms with van der Waals surface area (Å²) in [5, 5.41) is 15.0. The maximum atomic E-state index is 14.0. The number of aromatic hydroxyl groups is 1. The van der Waals surface area contributed by atoms with Crippen molar-refractivity contribution in [2.45, 2.75) is 31.2 Å². The van der Waals surface area contributed by atoms with E-state index in [2.05, 4.69) is 34.2 Å². The smallest absolute Gasteiger partial charge is 0.200 e. The van der Waals surface area contributed by atoms with E-state index in [9.17, 15) is 13.9 Å². The number of nitrogens with zero attached hydrogens (tertiary/aromatic N) is 4. The summed E-state index contributed by atoms with van der Waals surface area (Å²) in [5.74, 6) is -2.12. The van der Waals surface area contributed by atoms with Crippen molar-refractivity contribution in [2.75, 3.05) is 5.73 Å². The largest absolute Gasteiger partial charge is 0.505 e.